The molecule has 0 spiro atoms. The molecule has 1 heterocycles. The molecule has 0 atom stereocenters. The van der Waals surface area contributed by atoms with E-state index in [1.807, 2.05) is 0 Å². The molecule has 0 unspecified atom stereocenters. The maximum Gasteiger partial charge on any atom is 0.239 e. The van der Waals surface area contributed by atoms with Crippen molar-refractivity contribution < 1.29 is 18.7 Å². The van der Waals surface area contributed by atoms with Crippen LogP contribution in [0.15, 0.2) is 46.9 Å². The fourth-order valence-corrected chi connectivity index (χ4v) is 2.64. The molecule has 0 radical (unpaired) electrons. The molecule has 0 aliphatic carbocycles. The van der Waals surface area contributed by atoms with Crippen LogP contribution < -0.4 is 10.1 Å². The van der Waals surface area contributed by atoms with Crippen molar-refractivity contribution in [2.24, 2.45) is 0 Å². The summed E-state index contributed by atoms with van der Waals surface area (Å²) in [6.07, 6.45) is 0. The Labute approximate surface area is 153 Å². The van der Waals surface area contributed by atoms with Gasteiger partial charge in [0.25, 0.3) is 0 Å². The molecule has 128 valence electrons. The van der Waals surface area contributed by atoms with Gasteiger partial charge in [0.1, 0.15) is 17.2 Å². The number of nitrogens with one attached hydrogen (secondary N) is 1. The standard InChI is InChI=1S/C18H13Cl2NO4/c1-24-12-5-2-10(3-6-12)17(23)18-16(21-15(22)9-19)13-8-11(20)4-7-14(13)25-18/h2-8H,9H2,1H3,(H,21,22). The predicted octanol–water partition coefficient (Wildman–Crippen LogP) is 4.50. The Kier molecular flexibility index (Phi) is 4.97. The number of carbonyl (C=O) groups is 2. The number of benzene rings is 2. The molecule has 0 saturated carbocycles. The lowest BCUT2D eigenvalue weighted by atomic mass is 10.1. The maximum absolute atomic E-state index is 12.8. The molecule has 2 aromatic carbocycles. The highest BCUT2D eigenvalue weighted by atomic mass is 35.5. The van der Waals surface area contributed by atoms with Crippen LogP contribution in [0.2, 0.25) is 5.02 Å². The van der Waals surface area contributed by atoms with E-state index >= 15 is 0 Å². The third-order valence-corrected chi connectivity index (χ3v) is 4.07. The normalized spacial score (nSPS) is 10.7. The van der Waals surface area contributed by atoms with Gasteiger partial charge < -0.3 is 14.5 Å². The SMILES string of the molecule is COc1ccc(C(=O)c2oc3ccc(Cl)cc3c2NC(=O)CCl)cc1. The summed E-state index contributed by atoms with van der Waals surface area (Å²) in [7, 11) is 1.54. The molecule has 7 heteroatoms. The average Bonchev–Trinajstić information content (AvgIpc) is 2.98. The number of amides is 1. The van der Waals surface area contributed by atoms with E-state index in [0.717, 1.165) is 0 Å². The molecule has 0 aliphatic heterocycles. The molecular formula is C18H13Cl2NO4. The third kappa shape index (κ3) is 3.48. The number of methoxy groups -OCH3 is 1. The first-order valence-electron chi connectivity index (χ1n) is 7.30. The number of alkyl halides is 1. The summed E-state index contributed by atoms with van der Waals surface area (Å²) in [5.41, 5.74) is 1.09. The molecule has 0 aliphatic rings. The monoisotopic (exact) mass is 377 g/mol. The van der Waals surface area contributed by atoms with E-state index in [9.17, 15) is 9.59 Å². The van der Waals surface area contributed by atoms with Crippen LogP contribution >= 0.6 is 23.2 Å². The van der Waals surface area contributed by atoms with E-state index < -0.39 is 5.91 Å². The quantitative estimate of drug-likeness (QED) is 0.524. The molecule has 25 heavy (non-hydrogen) atoms. The summed E-state index contributed by atoms with van der Waals surface area (Å²) in [4.78, 5) is 24.6. The number of fused-ring (bicyclic) bond motifs is 1. The van der Waals surface area contributed by atoms with Gasteiger partial charge >= 0.3 is 0 Å². The Balaban J connectivity index is 2.11. The number of furan rings is 1. The number of anilines is 1. The van der Waals surface area contributed by atoms with Gasteiger partial charge in [0.05, 0.1) is 12.8 Å². The fraction of sp³-hybridized carbons (Fsp3) is 0.111. The molecule has 3 aromatic rings. The summed E-state index contributed by atoms with van der Waals surface area (Å²) in [5.74, 6) is -0.430. The van der Waals surface area contributed by atoms with Crippen LogP contribution in [0.25, 0.3) is 11.0 Å². The molecule has 0 fully saturated rings. The van der Waals surface area contributed by atoms with Gasteiger partial charge in [-0.2, -0.15) is 0 Å². The van der Waals surface area contributed by atoms with Crippen molar-refractivity contribution in [3.63, 3.8) is 0 Å². The average molecular weight is 378 g/mol. The van der Waals surface area contributed by atoms with Crippen LogP contribution in [0.1, 0.15) is 16.1 Å². The molecule has 1 aromatic heterocycles. The Morgan fingerprint density at radius 2 is 1.88 bits per heavy atom. The lowest BCUT2D eigenvalue weighted by molar-refractivity contribution is -0.113. The van der Waals surface area contributed by atoms with Crippen LogP contribution in [0, 0.1) is 0 Å². The van der Waals surface area contributed by atoms with E-state index in [-0.39, 0.29) is 23.1 Å². The van der Waals surface area contributed by atoms with Crippen molar-refractivity contribution in [1.82, 2.24) is 0 Å². The minimum absolute atomic E-state index is 0.0147. The van der Waals surface area contributed by atoms with Gasteiger partial charge in [0, 0.05) is 16.0 Å². The Morgan fingerprint density at radius 3 is 2.52 bits per heavy atom. The summed E-state index contributed by atoms with van der Waals surface area (Å²) < 4.78 is 10.8. The lowest BCUT2D eigenvalue weighted by Crippen LogP contribution is -2.15. The fourth-order valence-electron chi connectivity index (χ4n) is 2.40. The van der Waals surface area contributed by atoms with E-state index in [1.54, 1.807) is 49.6 Å². The maximum atomic E-state index is 12.8. The highest BCUT2D eigenvalue weighted by Gasteiger charge is 2.23. The van der Waals surface area contributed by atoms with Gasteiger partial charge in [-0.15, -0.1) is 11.6 Å². The van der Waals surface area contributed by atoms with Crippen LogP contribution in [-0.2, 0) is 4.79 Å². The topological polar surface area (TPSA) is 68.5 Å². The van der Waals surface area contributed by atoms with Gasteiger partial charge in [-0.3, -0.25) is 9.59 Å². The zero-order valence-corrected chi connectivity index (χ0v) is 14.6. The van der Waals surface area contributed by atoms with Gasteiger partial charge in [-0.05, 0) is 42.5 Å². The largest absolute Gasteiger partial charge is 0.497 e. The first-order chi connectivity index (χ1) is 12.0. The first-order valence-corrected chi connectivity index (χ1v) is 8.21. The Bertz CT molecular complexity index is 948. The third-order valence-electron chi connectivity index (χ3n) is 3.59. The Morgan fingerprint density at radius 1 is 1.16 bits per heavy atom. The molecule has 0 bridgehead atoms. The van der Waals surface area contributed by atoms with E-state index in [0.29, 0.717) is 27.3 Å². The van der Waals surface area contributed by atoms with Gasteiger partial charge in [-0.1, -0.05) is 11.6 Å². The first kappa shape index (κ1) is 17.3. The molecule has 1 N–H and O–H groups in total. The summed E-state index contributed by atoms with van der Waals surface area (Å²) >= 11 is 11.6. The van der Waals surface area contributed by atoms with Crippen LogP contribution in [0.5, 0.6) is 5.75 Å². The van der Waals surface area contributed by atoms with E-state index in [2.05, 4.69) is 5.32 Å². The second-order valence-electron chi connectivity index (χ2n) is 5.19. The number of ketones is 1. The predicted molar refractivity (Wildman–Crippen MR) is 97.0 cm³/mol. The van der Waals surface area contributed by atoms with Gasteiger partial charge in [0.15, 0.2) is 5.76 Å². The van der Waals surface area contributed by atoms with Crippen molar-refractivity contribution in [2.45, 2.75) is 0 Å². The number of hydrogen-bond donors (Lipinski definition) is 1. The second kappa shape index (κ2) is 7.17. The molecule has 5 nitrogen and oxygen atoms in total. The van der Waals surface area contributed by atoms with Crippen LogP contribution in [0.4, 0.5) is 5.69 Å². The second-order valence-corrected chi connectivity index (χ2v) is 5.89. The number of hydrogen-bond acceptors (Lipinski definition) is 4. The number of halogens is 2. The summed E-state index contributed by atoms with van der Waals surface area (Å²) in [5, 5.41) is 3.60. The highest BCUT2D eigenvalue weighted by Crippen LogP contribution is 2.34. The Hall–Kier alpha value is -2.50. The molecule has 0 saturated heterocycles. The smallest absolute Gasteiger partial charge is 0.239 e. The van der Waals surface area contributed by atoms with Crippen molar-refractivity contribution >= 4 is 51.5 Å². The summed E-state index contributed by atoms with van der Waals surface area (Å²) in [6, 6.07) is 11.5. The molecule has 3 rings (SSSR count). The lowest BCUT2D eigenvalue weighted by Gasteiger charge is -2.05. The number of rotatable bonds is 5. The minimum Gasteiger partial charge on any atom is -0.497 e. The van der Waals surface area contributed by atoms with Gasteiger partial charge in [0.2, 0.25) is 11.7 Å². The van der Waals surface area contributed by atoms with Crippen LogP contribution in [0.3, 0.4) is 0 Å². The zero-order chi connectivity index (χ0) is 18.0. The highest BCUT2D eigenvalue weighted by molar-refractivity contribution is 6.32. The van der Waals surface area contributed by atoms with Crippen molar-refractivity contribution in [3.8, 4) is 5.75 Å². The van der Waals surface area contributed by atoms with Crippen molar-refractivity contribution in [3.05, 3.63) is 58.8 Å². The molecular weight excluding hydrogens is 365 g/mol. The van der Waals surface area contributed by atoms with Crippen molar-refractivity contribution in [1.29, 1.82) is 0 Å². The van der Waals surface area contributed by atoms with Crippen molar-refractivity contribution in [2.75, 3.05) is 18.3 Å². The number of ether oxygens (including phenoxy) is 1. The van der Waals surface area contributed by atoms with E-state index in [4.69, 9.17) is 32.4 Å². The molecule has 1 amide bonds. The zero-order valence-electron chi connectivity index (χ0n) is 13.1. The van der Waals surface area contributed by atoms with E-state index in [1.165, 1.54) is 0 Å². The van der Waals surface area contributed by atoms with Gasteiger partial charge in [-0.25, -0.2) is 0 Å². The summed E-state index contributed by atoms with van der Waals surface area (Å²) in [6.45, 7) is 0. The van der Waals surface area contributed by atoms with Crippen LogP contribution in [-0.4, -0.2) is 24.7 Å². The number of carbonyl (C=O) groups excluding carboxylic acids is 2. The minimum atomic E-state index is -0.451.